The molecular weight excluding hydrogens is 1650 g/mol. The Kier molecular flexibility index (Phi) is 26.6. The number of hydrogen-bond acceptors (Lipinski definition) is 20. The second kappa shape index (κ2) is 30.2. The molecule has 13 N–H and O–H groups in total. The first kappa shape index (κ1) is 64.2. The van der Waals surface area contributed by atoms with Crippen molar-refractivity contribution in [2.45, 2.75) is 30.1 Å². The molecule has 0 spiro atoms. The van der Waals surface area contributed by atoms with Gasteiger partial charge in [-0.25, -0.2) is 0 Å². The quantitative estimate of drug-likeness (QED) is 0.0480. The molecule has 73 heavy (non-hydrogen) atoms. The first-order chi connectivity index (χ1) is 34.4. The number of rotatable bonds is 20. The lowest BCUT2D eigenvalue weighted by Gasteiger charge is -2.36. The normalized spacial score (nSPS) is 23.4. The third-order valence-corrected chi connectivity index (χ3v) is 18.7. The van der Waals surface area contributed by atoms with Crippen LogP contribution in [-0.4, -0.2) is 260 Å². The number of hydrogen-bond donors (Lipinski definition) is 13. The summed E-state index contributed by atoms with van der Waals surface area (Å²) in [7, 11) is 0. The van der Waals surface area contributed by atoms with Crippen LogP contribution < -0.4 is 16.0 Å². The Morgan fingerprint density at radius 3 is 0.932 bits per heavy atom. The molecule has 30 heteroatoms. The molecule has 0 aromatic carbocycles. The third kappa shape index (κ3) is 17.1. The second-order valence-corrected chi connectivity index (χ2v) is 24.0. The summed E-state index contributed by atoms with van der Waals surface area (Å²) in [6.45, 7) is -2.96. The standard InChI is InChI=1S/C43H55I6N7O17/c44-29-26(41(71)50-9-19(60)16-57)30(45)36(66)22(35(29)65)12-53-1-3-54(13-23-37(67)31(46)27(32(47)38(23)68)42(72)51-10-20(61)17-58)5-7-56(15-25(63)64)8-6-55(4-2-53)14-24-39(69)33(48)28(34(49)40(24)70)43(73)52-11-21(62)18-59/h19-21,29,31,33,57-62,66,68,70H,1-18H2,(H,50,71)(H,51,72)(H,52,73)(H,63,64). The SMILES string of the molecule is O=C(O)CN1CCN(CC2=C(O)C(I)=C(C(=O)NCC(O)CO)C(I)C2=O)CCN(CC2=C(O)C(I)=C(C(=O)NCC(O)CO)C(I)C2=O)CCN(CC2=C(O)C(I)=C(C(=O)NCC(O)CO)C(I)C2=O)CC1. The first-order valence-corrected chi connectivity index (χ1v) is 29.2. The van der Waals surface area contributed by atoms with Gasteiger partial charge in [0.05, 0.1) is 88.9 Å². The molecular formula is C43H55I6N7O17. The highest BCUT2D eigenvalue weighted by molar-refractivity contribution is 14.1. The van der Waals surface area contributed by atoms with E-state index in [1.165, 1.54) is 0 Å². The van der Waals surface area contributed by atoms with E-state index in [2.05, 4.69) is 16.0 Å². The average Bonchev–Trinajstić information content (AvgIpc) is 3.35. The number of nitrogens with zero attached hydrogens (tertiary/aromatic N) is 4. The summed E-state index contributed by atoms with van der Waals surface area (Å²) in [4.78, 5) is 101. The van der Waals surface area contributed by atoms with E-state index in [-0.39, 0.29) is 136 Å². The van der Waals surface area contributed by atoms with Gasteiger partial charge in [0.25, 0.3) is 0 Å². The summed E-state index contributed by atoms with van der Waals surface area (Å²) < 4.78 is -3.01. The van der Waals surface area contributed by atoms with Crippen molar-refractivity contribution in [2.24, 2.45) is 0 Å². The third-order valence-electron chi connectivity index (χ3n) is 11.8. The van der Waals surface area contributed by atoms with Crippen LogP contribution in [0.5, 0.6) is 0 Å². The van der Waals surface area contributed by atoms with Gasteiger partial charge < -0.3 is 67.0 Å². The zero-order valence-corrected chi connectivity index (χ0v) is 51.5. The van der Waals surface area contributed by atoms with Gasteiger partial charge >= 0.3 is 5.97 Å². The zero-order chi connectivity index (χ0) is 54.6. The van der Waals surface area contributed by atoms with E-state index in [4.69, 9.17) is 0 Å². The highest BCUT2D eigenvalue weighted by Gasteiger charge is 2.41. The smallest absolute Gasteiger partial charge is 0.317 e. The minimum absolute atomic E-state index is 0.0382. The number of carboxylic acids is 1. The van der Waals surface area contributed by atoms with Gasteiger partial charge in [0.15, 0.2) is 17.3 Å². The number of Topliss-reactive ketones (excluding diaryl/α,β-unsaturated/α-hetero) is 3. The van der Waals surface area contributed by atoms with Gasteiger partial charge in [0, 0.05) is 91.6 Å². The summed E-state index contributed by atoms with van der Waals surface area (Å²) in [5.74, 6) is -6.53. The molecule has 3 amide bonds. The van der Waals surface area contributed by atoms with Gasteiger partial charge in [-0.3, -0.25) is 53.2 Å². The summed E-state index contributed by atoms with van der Waals surface area (Å²) in [5.41, 5.74) is -0.298. The number of aliphatic carboxylic acids is 1. The number of carboxylic acid groups (broad SMARTS) is 1. The lowest BCUT2D eigenvalue weighted by molar-refractivity contribution is -0.138. The molecule has 4 aliphatic rings. The molecule has 6 atom stereocenters. The van der Waals surface area contributed by atoms with Crippen LogP contribution in [0, 0.1) is 0 Å². The minimum Gasteiger partial charge on any atom is -0.506 e. The number of ketones is 3. The Balaban J connectivity index is 1.76. The minimum atomic E-state index is -1.27. The van der Waals surface area contributed by atoms with Gasteiger partial charge in [-0.15, -0.1) is 0 Å². The molecule has 1 aliphatic heterocycles. The van der Waals surface area contributed by atoms with E-state index in [0.29, 0.717) is 0 Å². The molecule has 406 valence electrons. The summed E-state index contributed by atoms with van der Waals surface area (Å²) in [6, 6.07) is 0. The van der Waals surface area contributed by atoms with Crippen LogP contribution in [0.1, 0.15) is 0 Å². The number of alkyl halides is 3. The second-order valence-electron chi connectivity index (χ2n) is 17.0. The Bertz CT molecular complexity index is 2260. The maximum atomic E-state index is 14.1. The van der Waals surface area contributed by atoms with Crippen LogP contribution in [0.4, 0.5) is 0 Å². The van der Waals surface area contributed by atoms with Gasteiger partial charge in [-0.1, -0.05) is 67.8 Å². The van der Waals surface area contributed by atoms with Crippen LogP contribution in [0.15, 0.2) is 61.5 Å². The van der Waals surface area contributed by atoms with Crippen molar-refractivity contribution in [3.8, 4) is 0 Å². The largest absolute Gasteiger partial charge is 0.506 e. The molecule has 0 aromatic rings. The lowest BCUT2D eigenvalue weighted by atomic mass is 9.94. The highest BCUT2D eigenvalue weighted by atomic mass is 127. The van der Waals surface area contributed by atoms with Crippen molar-refractivity contribution in [1.29, 1.82) is 0 Å². The van der Waals surface area contributed by atoms with E-state index in [1.54, 1.807) is 150 Å². The Morgan fingerprint density at radius 2 is 0.712 bits per heavy atom. The van der Waals surface area contributed by atoms with Crippen LogP contribution >= 0.6 is 136 Å². The number of nitrogens with one attached hydrogen (secondary N) is 3. The van der Waals surface area contributed by atoms with E-state index < -0.39 is 115 Å². The monoisotopic (exact) mass is 1700 g/mol. The van der Waals surface area contributed by atoms with Crippen LogP contribution in [0.25, 0.3) is 0 Å². The molecule has 1 heterocycles. The van der Waals surface area contributed by atoms with Crippen molar-refractivity contribution in [3.05, 3.63) is 61.5 Å². The predicted molar refractivity (Wildman–Crippen MR) is 312 cm³/mol. The van der Waals surface area contributed by atoms with E-state index in [0.717, 1.165) is 0 Å². The Labute approximate surface area is 500 Å². The van der Waals surface area contributed by atoms with E-state index in [1.807, 2.05) is 4.90 Å². The molecule has 24 nitrogen and oxygen atoms in total. The fraction of sp³-hybridized carbons (Fsp3) is 0.558. The summed E-state index contributed by atoms with van der Waals surface area (Å²) in [5, 5.41) is 109. The van der Waals surface area contributed by atoms with E-state index in [9.17, 15) is 84.6 Å². The maximum absolute atomic E-state index is 14.1. The molecule has 0 aromatic heterocycles. The summed E-state index contributed by atoms with van der Waals surface area (Å²) >= 11 is 10.6. The summed E-state index contributed by atoms with van der Waals surface area (Å²) in [6.07, 6.45) is -3.80. The molecule has 4 rings (SSSR count). The number of amides is 3. The Hall–Kier alpha value is -1.29. The number of aliphatic hydroxyl groups is 9. The van der Waals surface area contributed by atoms with Gasteiger partial charge in [0.1, 0.15) is 29.1 Å². The molecule has 6 unspecified atom stereocenters. The Morgan fingerprint density at radius 1 is 0.479 bits per heavy atom. The van der Waals surface area contributed by atoms with Crippen molar-refractivity contribution in [3.63, 3.8) is 0 Å². The van der Waals surface area contributed by atoms with Crippen molar-refractivity contribution >= 4 is 177 Å². The number of allylic oxidation sites excluding steroid dienone is 3. The lowest BCUT2D eigenvalue weighted by Crippen LogP contribution is -2.49. The average molecular weight is 1700 g/mol. The molecule has 0 saturated carbocycles. The number of aliphatic hydroxyl groups excluding tert-OH is 9. The molecule has 3 aliphatic carbocycles. The fourth-order valence-electron chi connectivity index (χ4n) is 7.60. The highest BCUT2D eigenvalue weighted by Crippen LogP contribution is 2.38. The van der Waals surface area contributed by atoms with Crippen molar-refractivity contribution < 1.29 is 84.6 Å². The topological polar surface area (TPSA) is 371 Å². The molecule has 0 radical (unpaired) electrons. The van der Waals surface area contributed by atoms with Crippen LogP contribution in [0.3, 0.4) is 0 Å². The molecule has 1 saturated heterocycles. The fourth-order valence-corrected chi connectivity index (χ4v) is 14.9. The molecule has 0 bridgehead atoms. The predicted octanol–water partition coefficient (Wildman–Crippen LogP) is -1.64. The van der Waals surface area contributed by atoms with Crippen molar-refractivity contribution in [1.82, 2.24) is 35.6 Å². The first-order valence-electron chi connectivity index (χ1n) is 22.2. The van der Waals surface area contributed by atoms with Gasteiger partial charge in [-0.05, 0) is 67.8 Å². The van der Waals surface area contributed by atoms with Crippen LogP contribution in [-0.2, 0) is 33.6 Å². The zero-order valence-electron chi connectivity index (χ0n) is 38.6. The molecule has 1 fully saturated rings. The number of carbonyl (C=O) groups excluding carboxylic acids is 6. The van der Waals surface area contributed by atoms with Gasteiger partial charge in [0.2, 0.25) is 17.7 Å². The number of carbonyl (C=O) groups is 7. The van der Waals surface area contributed by atoms with Crippen molar-refractivity contribution in [2.75, 3.05) is 118 Å². The number of halogens is 6. The van der Waals surface area contributed by atoms with E-state index >= 15 is 0 Å². The van der Waals surface area contributed by atoms with Gasteiger partial charge in [-0.2, -0.15) is 0 Å². The maximum Gasteiger partial charge on any atom is 0.317 e. The van der Waals surface area contributed by atoms with Crippen LogP contribution in [0.2, 0.25) is 0 Å².